The number of hydrogen-bond acceptors (Lipinski definition) is 4. The van der Waals surface area contributed by atoms with Gasteiger partial charge in [0.2, 0.25) is 5.91 Å². The zero-order chi connectivity index (χ0) is 15.0. The molecular formula is C16H21NO4. The summed E-state index contributed by atoms with van der Waals surface area (Å²) in [6.45, 7) is 4.70. The van der Waals surface area contributed by atoms with Crippen molar-refractivity contribution in [3.05, 3.63) is 34.9 Å². The summed E-state index contributed by atoms with van der Waals surface area (Å²) in [5, 5.41) is 12.7. The van der Waals surface area contributed by atoms with Crippen LogP contribution in [-0.4, -0.2) is 48.6 Å². The molecule has 2 heterocycles. The second-order valence-electron chi connectivity index (χ2n) is 5.94. The molecule has 0 aliphatic carbocycles. The summed E-state index contributed by atoms with van der Waals surface area (Å²) < 4.78 is 11.0. The Morgan fingerprint density at radius 2 is 2.05 bits per heavy atom. The Kier molecular flexibility index (Phi) is 3.97. The monoisotopic (exact) mass is 291 g/mol. The lowest BCUT2D eigenvalue weighted by Gasteiger charge is -2.17. The van der Waals surface area contributed by atoms with Gasteiger partial charge in [0.05, 0.1) is 25.7 Å². The number of fused-ring (bicyclic) bond motifs is 1. The second kappa shape index (κ2) is 5.75. The number of carbonyl (C=O) groups is 1. The molecule has 2 fully saturated rings. The van der Waals surface area contributed by atoms with E-state index in [4.69, 9.17) is 9.47 Å². The molecule has 1 aromatic carbocycles. The van der Waals surface area contributed by atoms with Crippen LogP contribution in [0, 0.1) is 13.8 Å². The number of ether oxygens (including phenoxy) is 2. The molecular weight excluding hydrogens is 270 g/mol. The molecule has 1 aromatic rings. The van der Waals surface area contributed by atoms with E-state index in [1.54, 1.807) is 0 Å². The van der Waals surface area contributed by atoms with Crippen LogP contribution < -0.4 is 5.32 Å². The molecule has 0 bridgehead atoms. The van der Waals surface area contributed by atoms with Crippen molar-refractivity contribution in [1.29, 1.82) is 0 Å². The van der Waals surface area contributed by atoms with Crippen LogP contribution >= 0.6 is 0 Å². The number of benzene rings is 1. The molecule has 0 radical (unpaired) electrons. The Morgan fingerprint density at radius 3 is 2.86 bits per heavy atom. The summed E-state index contributed by atoms with van der Waals surface area (Å²) in [4.78, 5) is 12.2. The summed E-state index contributed by atoms with van der Waals surface area (Å²) in [5.74, 6) is -0.0389. The van der Waals surface area contributed by atoms with Gasteiger partial charge < -0.3 is 19.9 Å². The first-order valence-electron chi connectivity index (χ1n) is 7.31. The number of rotatable bonds is 3. The molecule has 21 heavy (non-hydrogen) atoms. The largest absolute Gasteiger partial charge is 0.388 e. The van der Waals surface area contributed by atoms with Crippen molar-refractivity contribution in [3.63, 3.8) is 0 Å². The first-order chi connectivity index (χ1) is 10.0. The number of aryl methyl sites for hydroxylation is 2. The van der Waals surface area contributed by atoms with Crippen molar-refractivity contribution in [1.82, 2.24) is 5.32 Å². The van der Waals surface area contributed by atoms with Crippen LogP contribution in [-0.2, 0) is 20.7 Å². The summed E-state index contributed by atoms with van der Waals surface area (Å²) >= 11 is 0. The van der Waals surface area contributed by atoms with Crippen molar-refractivity contribution in [2.24, 2.45) is 0 Å². The predicted molar refractivity (Wildman–Crippen MR) is 77.0 cm³/mol. The lowest BCUT2D eigenvalue weighted by atomic mass is 10.0. The highest BCUT2D eigenvalue weighted by Gasteiger charge is 2.47. The number of aliphatic hydroxyl groups is 1. The van der Waals surface area contributed by atoms with E-state index in [2.05, 4.69) is 5.32 Å². The van der Waals surface area contributed by atoms with Crippen LogP contribution in [0.4, 0.5) is 0 Å². The minimum Gasteiger partial charge on any atom is -0.388 e. The number of nitrogens with one attached hydrogen (secondary N) is 1. The van der Waals surface area contributed by atoms with Crippen molar-refractivity contribution < 1.29 is 19.4 Å². The molecule has 2 N–H and O–H groups in total. The van der Waals surface area contributed by atoms with Crippen LogP contribution in [0.3, 0.4) is 0 Å². The van der Waals surface area contributed by atoms with Gasteiger partial charge in [0.1, 0.15) is 18.3 Å². The summed E-state index contributed by atoms with van der Waals surface area (Å²) in [6, 6.07) is 5.94. The van der Waals surface area contributed by atoms with Crippen LogP contribution in [0.5, 0.6) is 0 Å². The molecule has 2 aliphatic heterocycles. The van der Waals surface area contributed by atoms with Crippen LogP contribution in [0.15, 0.2) is 18.2 Å². The number of hydrogen-bond donors (Lipinski definition) is 2. The van der Waals surface area contributed by atoms with Gasteiger partial charge in [-0.25, -0.2) is 0 Å². The normalized spacial score (nSPS) is 31.2. The van der Waals surface area contributed by atoms with Gasteiger partial charge in [-0.2, -0.15) is 0 Å². The molecule has 114 valence electrons. The maximum atomic E-state index is 12.2. The zero-order valence-electron chi connectivity index (χ0n) is 12.3. The quantitative estimate of drug-likeness (QED) is 0.850. The highest BCUT2D eigenvalue weighted by molar-refractivity contribution is 5.79. The fourth-order valence-corrected chi connectivity index (χ4v) is 3.02. The first-order valence-corrected chi connectivity index (χ1v) is 7.31. The Hall–Kier alpha value is -1.43. The van der Waals surface area contributed by atoms with Gasteiger partial charge in [-0.1, -0.05) is 23.8 Å². The number of amides is 1. The van der Waals surface area contributed by atoms with Crippen molar-refractivity contribution in [2.45, 2.75) is 44.6 Å². The minimum atomic E-state index is -0.587. The van der Waals surface area contributed by atoms with E-state index in [1.165, 1.54) is 0 Å². The van der Waals surface area contributed by atoms with Gasteiger partial charge >= 0.3 is 0 Å². The van der Waals surface area contributed by atoms with Gasteiger partial charge in [-0.15, -0.1) is 0 Å². The highest BCUT2D eigenvalue weighted by Crippen LogP contribution is 2.27. The van der Waals surface area contributed by atoms with Crippen molar-refractivity contribution >= 4 is 5.91 Å². The van der Waals surface area contributed by atoms with Crippen LogP contribution in [0.1, 0.15) is 16.7 Å². The predicted octanol–water partition coefficient (Wildman–Crippen LogP) is 0.489. The van der Waals surface area contributed by atoms with E-state index >= 15 is 0 Å². The third kappa shape index (κ3) is 2.95. The maximum Gasteiger partial charge on any atom is 0.224 e. The lowest BCUT2D eigenvalue weighted by Crippen LogP contribution is -2.44. The topological polar surface area (TPSA) is 67.8 Å². The van der Waals surface area contributed by atoms with Gasteiger partial charge in [0.15, 0.2) is 0 Å². The van der Waals surface area contributed by atoms with Crippen molar-refractivity contribution in [3.8, 4) is 0 Å². The molecule has 5 heteroatoms. The Bertz CT molecular complexity index is 545. The molecule has 5 nitrogen and oxygen atoms in total. The minimum absolute atomic E-state index is 0.0389. The highest BCUT2D eigenvalue weighted by atomic mass is 16.6. The molecule has 0 aromatic heterocycles. The average molecular weight is 291 g/mol. The molecule has 1 amide bonds. The number of aliphatic hydroxyl groups excluding tert-OH is 1. The fraction of sp³-hybridized carbons (Fsp3) is 0.562. The molecule has 0 spiro atoms. The molecule has 4 atom stereocenters. The van der Waals surface area contributed by atoms with E-state index < -0.39 is 6.10 Å². The standard InChI is InChI=1S/C16H21NO4/c1-9-3-4-10(2)11(5-9)6-14(19)17-12-7-20-16-13(18)8-21-15(12)16/h3-5,12-13,15-16,18H,6-8H2,1-2H3,(H,17,19)/t12-,13-,15-,16-/m1/s1. The maximum absolute atomic E-state index is 12.2. The molecule has 0 unspecified atom stereocenters. The second-order valence-corrected chi connectivity index (χ2v) is 5.94. The van der Waals surface area contributed by atoms with Gasteiger partial charge in [0, 0.05) is 0 Å². The zero-order valence-corrected chi connectivity index (χ0v) is 12.3. The van der Waals surface area contributed by atoms with Crippen molar-refractivity contribution in [2.75, 3.05) is 13.2 Å². The van der Waals surface area contributed by atoms with E-state index in [9.17, 15) is 9.90 Å². The van der Waals surface area contributed by atoms with Crippen LogP contribution in [0.25, 0.3) is 0 Å². The lowest BCUT2D eigenvalue weighted by molar-refractivity contribution is -0.121. The fourth-order valence-electron chi connectivity index (χ4n) is 3.02. The van der Waals surface area contributed by atoms with Gasteiger partial charge in [0.25, 0.3) is 0 Å². The van der Waals surface area contributed by atoms with E-state index in [-0.39, 0.29) is 30.8 Å². The third-order valence-electron chi connectivity index (χ3n) is 4.23. The van der Waals surface area contributed by atoms with E-state index in [1.807, 2.05) is 32.0 Å². The van der Waals surface area contributed by atoms with Gasteiger partial charge in [-0.3, -0.25) is 4.79 Å². The smallest absolute Gasteiger partial charge is 0.224 e. The summed E-state index contributed by atoms with van der Waals surface area (Å²) in [6.07, 6.45) is -0.779. The molecule has 3 rings (SSSR count). The SMILES string of the molecule is Cc1ccc(C)c(CC(=O)N[C@@H]2CO[C@H]3[C@@H]2OC[C@H]3O)c1. The van der Waals surface area contributed by atoms with E-state index in [0.29, 0.717) is 13.0 Å². The third-order valence-corrected chi connectivity index (χ3v) is 4.23. The number of carbonyl (C=O) groups excluding carboxylic acids is 1. The summed E-state index contributed by atoms with van der Waals surface area (Å²) in [5.41, 5.74) is 3.30. The Morgan fingerprint density at radius 1 is 1.29 bits per heavy atom. The molecule has 2 saturated heterocycles. The average Bonchev–Trinajstić information content (AvgIpc) is 2.99. The van der Waals surface area contributed by atoms with Crippen LogP contribution in [0.2, 0.25) is 0 Å². The Labute approximate surface area is 124 Å². The molecule has 2 aliphatic rings. The first kappa shape index (κ1) is 14.5. The summed E-state index contributed by atoms with van der Waals surface area (Å²) in [7, 11) is 0. The molecule has 0 saturated carbocycles. The Balaban J connectivity index is 1.61. The van der Waals surface area contributed by atoms with E-state index in [0.717, 1.165) is 16.7 Å². The van der Waals surface area contributed by atoms with Gasteiger partial charge in [-0.05, 0) is 25.0 Å².